The summed E-state index contributed by atoms with van der Waals surface area (Å²) in [6.07, 6.45) is 0. The molecule has 2 aliphatic rings. The normalized spacial score (nSPS) is 14.1. The standard InChI is InChI=1S/C46H18N8/c47-19-27-11-28(20-48)14-33(13-27)39(23-51)45-37-18-38-36(17-35(37)41(25-53)43(45)31-7-3-1-4-8-31)42(26-54)44(32-9-5-2-6-10-32)46(38)40(24-52)34-15-29(21-49)12-30(16-34)22-50/h1-18H/b45-39-,46-40-. The van der Waals surface area contributed by atoms with Gasteiger partial charge in [-0.15, -0.1) is 0 Å². The average molecular weight is 683 g/mol. The van der Waals surface area contributed by atoms with E-state index >= 15 is 0 Å². The van der Waals surface area contributed by atoms with Crippen molar-refractivity contribution in [3.8, 4) is 48.6 Å². The Hall–Kier alpha value is -9.02. The molecule has 0 aliphatic heterocycles. The highest BCUT2D eigenvalue weighted by Gasteiger charge is 2.37. The molecule has 0 atom stereocenters. The smallest absolute Gasteiger partial charge is 0.100 e. The SMILES string of the molecule is N#CC1=C(c2ccccc2)/C(=C(/C#N)c2cc(C#N)cc(C#N)c2)c2cc3c(cc21)C(C#N)=C(c1ccccc1)/C3=C(/C#N)c1cc(C#N)cc(C#N)c1. The van der Waals surface area contributed by atoms with E-state index < -0.39 is 0 Å². The second-order valence-electron chi connectivity index (χ2n) is 12.2. The molecule has 5 aromatic carbocycles. The van der Waals surface area contributed by atoms with Crippen LogP contribution in [-0.2, 0) is 0 Å². The molecular formula is C46H18N8. The third-order valence-electron chi connectivity index (χ3n) is 9.27. The van der Waals surface area contributed by atoms with Crippen molar-refractivity contribution < 1.29 is 0 Å². The van der Waals surface area contributed by atoms with Crippen molar-refractivity contribution in [1.29, 1.82) is 42.1 Å². The maximum absolute atomic E-state index is 10.9. The van der Waals surface area contributed by atoms with E-state index in [0.717, 1.165) is 0 Å². The van der Waals surface area contributed by atoms with Crippen molar-refractivity contribution in [1.82, 2.24) is 0 Å². The zero-order valence-electron chi connectivity index (χ0n) is 28.0. The largest absolute Gasteiger partial charge is 0.192 e. The molecule has 0 saturated carbocycles. The Balaban J connectivity index is 1.66. The minimum absolute atomic E-state index is 0.107. The molecule has 0 spiro atoms. The highest BCUT2D eigenvalue weighted by atomic mass is 14.4. The van der Waals surface area contributed by atoms with Gasteiger partial charge in [0, 0.05) is 33.4 Å². The van der Waals surface area contributed by atoms with Crippen LogP contribution in [0, 0.1) is 90.6 Å². The number of benzene rings is 5. The highest BCUT2D eigenvalue weighted by Crippen LogP contribution is 2.55. The van der Waals surface area contributed by atoms with E-state index in [1.165, 1.54) is 36.4 Å². The topological polar surface area (TPSA) is 190 Å². The zero-order chi connectivity index (χ0) is 37.9. The molecule has 8 nitrogen and oxygen atoms in total. The molecule has 7 rings (SSSR count). The third-order valence-corrected chi connectivity index (χ3v) is 9.27. The first-order valence-corrected chi connectivity index (χ1v) is 16.2. The summed E-state index contributed by atoms with van der Waals surface area (Å²) >= 11 is 0. The maximum atomic E-state index is 10.9. The van der Waals surface area contributed by atoms with Gasteiger partial charge in [0.1, 0.15) is 24.3 Å². The molecule has 0 bridgehead atoms. The van der Waals surface area contributed by atoms with Crippen LogP contribution in [0.3, 0.4) is 0 Å². The minimum atomic E-state index is 0.107. The molecule has 0 fully saturated rings. The lowest BCUT2D eigenvalue weighted by atomic mass is 9.85. The third kappa shape index (κ3) is 5.35. The molecule has 242 valence electrons. The molecule has 0 N–H and O–H groups in total. The highest BCUT2D eigenvalue weighted by molar-refractivity contribution is 6.34. The fraction of sp³-hybridized carbons (Fsp3) is 0. The molecule has 2 aliphatic carbocycles. The summed E-state index contributed by atoms with van der Waals surface area (Å²) in [5, 5.41) is 82.5. The second kappa shape index (κ2) is 13.7. The van der Waals surface area contributed by atoms with E-state index in [9.17, 15) is 42.1 Å². The van der Waals surface area contributed by atoms with E-state index in [4.69, 9.17) is 0 Å². The first kappa shape index (κ1) is 33.5. The molecule has 5 aromatic rings. The molecule has 0 heterocycles. The van der Waals surface area contributed by atoms with E-state index in [0.29, 0.717) is 66.8 Å². The molecule has 0 radical (unpaired) electrons. The van der Waals surface area contributed by atoms with Crippen LogP contribution in [0.5, 0.6) is 0 Å². The summed E-state index contributed by atoms with van der Waals surface area (Å²) in [5.74, 6) is 0. The van der Waals surface area contributed by atoms with Gasteiger partial charge < -0.3 is 0 Å². The first-order valence-electron chi connectivity index (χ1n) is 16.2. The van der Waals surface area contributed by atoms with Crippen LogP contribution >= 0.6 is 0 Å². The van der Waals surface area contributed by atoms with Gasteiger partial charge in [0.05, 0.1) is 68.8 Å². The maximum Gasteiger partial charge on any atom is 0.100 e. The first-order chi connectivity index (χ1) is 26.4. The lowest BCUT2D eigenvalue weighted by Gasteiger charge is -2.15. The molecule has 54 heavy (non-hydrogen) atoms. The van der Waals surface area contributed by atoms with Crippen molar-refractivity contribution in [2.45, 2.75) is 0 Å². The molecule has 0 unspecified atom stereocenters. The van der Waals surface area contributed by atoms with E-state index in [1.807, 2.05) is 60.7 Å². The fourth-order valence-electron chi connectivity index (χ4n) is 7.09. The van der Waals surface area contributed by atoms with Gasteiger partial charge in [-0.25, -0.2) is 0 Å². The summed E-state index contributed by atoms with van der Waals surface area (Å²) in [6, 6.07) is 48.1. The summed E-state index contributed by atoms with van der Waals surface area (Å²) in [7, 11) is 0. The van der Waals surface area contributed by atoms with Crippen molar-refractivity contribution >= 4 is 44.6 Å². The predicted molar refractivity (Wildman–Crippen MR) is 201 cm³/mol. The van der Waals surface area contributed by atoms with Gasteiger partial charge >= 0.3 is 0 Å². The number of rotatable bonds is 4. The lowest BCUT2D eigenvalue weighted by molar-refractivity contribution is 1.43. The molecule has 0 aromatic heterocycles. The van der Waals surface area contributed by atoms with Crippen LogP contribution in [0.4, 0.5) is 0 Å². The summed E-state index contributed by atoms with van der Waals surface area (Å²) < 4.78 is 0. The summed E-state index contributed by atoms with van der Waals surface area (Å²) in [5.41, 5.74) is 6.75. The summed E-state index contributed by atoms with van der Waals surface area (Å²) in [4.78, 5) is 0. The van der Waals surface area contributed by atoms with Gasteiger partial charge in [0.25, 0.3) is 0 Å². The molecule has 0 saturated heterocycles. The van der Waals surface area contributed by atoms with Gasteiger partial charge in [0.2, 0.25) is 0 Å². The molecular weight excluding hydrogens is 665 g/mol. The van der Waals surface area contributed by atoms with Crippen LogP contribution in [0.1, 0.15) is 66.8 Å². The minimum Gasteiger partial charge on any atom is -0.192 e. The van der Waals surface area contributed by atoms with Crippen molar-refractivity contribution in [3.63, 3.8) is 0 Å². The van der Waals surface area contributed by atoms with Crippen LogP contribution in [0.15, 0.2) is 109 Å². The Bertz CT molecular complexity index is 2730. The van der Waals surface area contributed by atoms with Crippen molar-refractivity contribution in [3.05, 3.63) is 176 Å². The Kier molecular flexibility index (Phi) is 8.50. The van der Waals surface area contributed by atoms with Crippen LogP contribution in [-0.4, -0.2) is 0 Å². The summed E-state index contributed by atoms with van der Waals surface area (Å²) in [6.45, 7) is 0. The van der Waals surface area contributed by atoms with Crippen molar-refractivity contribution in [2.75, 3.05) is 0 Å². The van der Waals surface area contributed by atoms with Crippen LogP contribution < -0.4 is 0 Å². The molecule has 8 heteroatoms. The van der Waals surface area contributed by atoms with Gasteiger partial charge in [-0.05, 0) is 81.9 Å². The Morgan fingerprint density at radius 1 is 0.352 bits per heavy atom. The number of fused-ring (bicyclic) bond motifs is 2. The number of allylic oxidation sites excluding steroid dienone is 8. The van der Waals surface area contributed by atoms with Gasteiger partial charge in [-0.2, -0.15) is 42.1 Å². The fourth-order valence-corrected chi connectivity index (χ4v) is 7.09. The monoisotopic (exact) mass is 682 g/mol. The van der Waals surface area contributed by atoms with Crippen molar-refractivity contribution in [2.24, 2.45) is 0 Å². The zero-order valence-corrected chi connectivity index (χ0v) is 28.0. The van der Waals surface area contributed by atoms with E-state index in [1.54, 1.807) is 12.1 Å². The Morgan fingerprint density at radius 3 is 0.981 bits per heavy atom. The number of nitriles is 8. The molecule has 0 amide bonds. The second-order valence-corrected chi connectivity index (χ2v) is 12.2. The van der Waals surface area contributed by atoms with Gasteiger partial charge in [0.15, 0.2) is 0 Å². The Morgan fingerprint density at radius 2 is 0.685 bits per heavy atom. The van der Waals surface area contributed by atoms with Gasteiger partial charge in [-0.3, -0.25) is 0 Å². The predicted octanol–water partition coefficient (Wildman–Crippen LogP) is 8.94. The number of hydrogen-bond acceptors (Lipinski definition) is 8. The van der Waals surface area contributed by atoms with Gasteiger partial charge in [-0.1, -0.05) is 60.7 Å². The van der Waals surface area contributed by atoms with E-state index in [-0.39, 0.29) is 44.5 Å². The number of hydrogen-bond donors (Lipinski definition) is 0. The van der Waals surface area contributed by atoms with Crippen LogP contribution in [0.25, 0.3) is 44.6 Å². The average Bonchev–Trinajstić information content (AvgIpc) is 3.72. The van der Waals surface area contributed by atoms with Crippen LogP contribution in [0.2, 0.25) is 0 Å². The lowest BCUT2D eigenvalue weighted by Crippen LogP contribution is -1.97. The quantitative estimate of drug-likeness (QED) is 0.168. The Labute approximate surface area is 310 Å². The number of nitrogens with zero attached hydrogens (tertiary/aromatic N) is 8. The van der Waals surface area contributed by atoms with E-state index in [2.05, 4.69) is 48.6 Å².